The van der Waals surface area contributed by atoms with Crippen LogP contribution in [0.15, 0.2) is 18.2 Å². The van der Waals surface area contributed by atoms with E-state index in [1.165, 1.54) is 0 Å². The first-order valence-electron chi connectivity index (χ1n) is 5.13. The molecule has 0 aromatic carbocycles. The van der Waals surface area contributed by atoms with Crippen molar-refractivity contribution in [1.82, 2.24) is 4.98 Å². The monoisotopic (exact) mass is 192 g/mol. The zero-order valence-electron chi connectivity index (χ0n) is 8.24. The molecule has 1 aliphatic carbocycles. The Morgan fingerprint density at radius 3 is 2.71 bits per heavy atom. The molecule has 2 rings (SSSR count). The second-order valence-corrected chi connectivity index (χ2v) is 3.96. The highest BCUT2D eigenvalue weighted by molar-refractivity contribution is 5.18. The predicted molar refractivity (Wildman–Crippen MR) is 54.5 cm³/mol. The van der Waals surface area contributed by atoms with Crippen molar-refractivity contribution < 1.29 is 5.11 Å². The van der Waals surface area contributed by atoms with E-state index in [0.29, 0.717) is 6.54 Å². The van der Waals surface area contributed by atoms with E-state index in [1.54, 1.807) is 0 Å². The lowest BCUT2D eigenvalue weighted by Crippen LogP contribution is -2.23. The second kappa shape index (κ2) is 3.67. The molecule has 14 heavy (non-hydrogen) atoms. The topological polar surface area (TPSA) is 59.1 Å². The molecule has 0 spiro atoms. The molecule has 0 atom stereocenters. The van der Waals surface area contributed by atoms with Gasteiger partial charge in [-0.05, 0) is 25.0 Å². The van der Waals surface area contributed by atoms with E-state index in [0.717, 1.165) is 37.1 Å². The van der Waals surface area contributed by atoms with Gasteiger partial charge in [-0.25, -0.2) is 0 Å². The van der Waals surface area contributed by atoms with Crippen LogP contribution in [0.4, 0.5) is 0 Å². The Hall–Kier alpha value is -0.930. The van der Waals surface area contributed by atoms with Crippen LogP contribution in [0.3, 0.4) is 0 Å². The van der Waals surface area contributed by atoms with Gasteiger partial charge >= 0.3 is 0 Å². The van der Waals surface area contributed by atoms with Crippen LogP contribution in [0, 0.1) is 0 Å². The summed E-state index contributed by atoms with van der Waals surface area (Å²) in [6.07, 6.45) is 3.83. The van der Waals surface area contributed by atoms with E-state index in [2.05, 4.69) is 4.98 Å². The molecule has 3 heteroatoms. The molecule has 3 nitrogen and oxygen atoms in total. The molecule has 1 aromatic rings. The minimum Gasteiger partial charge on any atom is -0.384 e. The summed E-state index contributed by atoms with van der Waals surface area (Å²) in [6, 6.07) is 5.70. The molecule has 1 saturated carbocycles. The van der Waals surface area contributed by atoms with E-state index in [4.69, 9.17) is 5.73 Å². The van der Waals surface area contributed by atoms with Crippen molar-refractivity contribution in [3.63, 3.8) is 0 Å². The van der Waals surface area contributed by atoms with Crippen LogP contribution in [-0.4, -0.2) is 10.1 Å². The van der Waals surface area contributed by atoms with Crippen molar-refractivity contribution in [2.75, 3.05) is 0 Å². The number of pyridine rings is 1. The van der Waals surface area contributed by atoms with Gasteiger partial charge < -0.3 is 10.8 Å². The van der Waals surface area contributed by atoms with Gasteiger partial charge in [0.15, 0.2) is 0 Å². The highest BCUT2D eigenvalue weighted by Gasteiger charge is 2.34. The largest absolute Gasteiger partial charge is 0.384 e. The molecule has 3 N–H and O–H groups in total. The summed E-state index contributed by atoms with van der Waals surface area (Å²) < 4.78 is 0. The Bertz CT molecular complexity index is 319. The molecule has 76 valence electrons. The average Bonchev–Trinajstić information content (AvgIpc) is 2.67. The van der Waals surface area contributed by atoms with Crippen molar-refractivity contribution in [3.05, 3.63) is 29.6 Å². The number of nitrogens with zero attached hydrogens (tertiary/aromatic N) is 1. The summed E-state index contributed by atoms with van der Waals surface area (Å²) in [5, 5.41) is 10.3. The van der Waals surface area contributed by atoms with E-state index in [-0.39, 0.29) is 0 Å². The van der Waals surface area contributed by atoms with Crippen molar-refractivity contribution >= 4 is 0 Å². The van der Waals surface area contributed by atoms with E-state index < -0.39 is 5.60 Å². The normalized spacial score (nSPS) is 19.9. The Kier molecular flexibility index (Phi) is 2.52. The Morgan fingerprint density at radius 2 is 2.07 bits per heavy atom. The Balaban J connectivity index is 2.30. The van der Waals surface area contributed by atoms with Gasteiger partial charge in [0.05, 0.1) is 11.4 Å². The molecule has 0 saturated heterocycles. The van der Waals surface area contributed by atoms with Crippen molar-refractivity contribution in [1.29, 1.82) is 0 Å². The summed E-state index contributed by atoms with van der Waals surface area (Å²) in [5.41, 5.74) is 6.47. The highest BCUT2D eigenvalue weighted by atomic mass is 16.3. The third-order valence-corrected chi connectivity index (χ3v) is 2.92. The standard InChI is InChI=1S/C11H16N2O/c12-8-9-4-3-5-10(13-9)11(14)6-1-2-7-11/h3-5,14H,1-2,6-8,12H2. The molecular formula is C11H16N2O. The van der Waals surface area contributed by atoms with Crippen LogP contribution in [0.25, 0.3) is 0 Å². The minimum absolute atomic E-state index is 0.434. The van der Waals surface area contributed by atoms with Crippen LogP contribution in [0.2, 0.25) is 0 Å². The molecule has 1 heterocycles. The maximum Gasteiger partial charge on any atom is 0.106 e. The summed E-state index contributed by atoms with van der Waals surface area (Å²) in [5.74, 6) is 0. The number of aliphatic hydroxyl groups is 1. The second-order valence-electron chi connectivity index (χ2n) is 3.96. The van der Waals surface area contributed by atoms with Crippen LogP contribution in [0.1, 0.15) is 37.1 Å². The fourth-order valence-corrected chi connectivity index (χ4v) is 2.07. The fraction of sp³-hybridized carbons (Fsp3) is 0.545. The molecule has 0 amide bonds. The van der Waals surface area contributed by atoms with Gasteiger partial charge in [0.1, 0.15) is 5.60 Å². The average molecular weight is 192 g/mol. The molecule has 0 unspecified atom stereocenters. The summed E-state index contributed by atoms with van der Waals surface area (Å²) in [7, 11) is 0. The molecular weight excluding hydrogens is 176 g/mol. The first-order valence-corrected chi connectivity index (χ1v) is 5.13. The number of nitrogens with two attached hydrogens (primary N) is 1. The lowest BCUT2D eigenvalue weighted by Gasteiger charge is -2.21. The van der Waals surface area contributed by atoms with E-state index in [9.17, 15) is 5.11 Å². The SMILES string of the molecule is NCc1cccc(C2(O)CCCC2)n1. The fourth-order valence-electron chi connectivity index (χ4n) is 2.07. The summed E-state index contributed by atoms with van der Waals surface area (Å²) in [6.45, 7) is 0.434. The zero-order chi connectivity index (χ0) is 10.0. The van der Waals surface area contributed by atoms with E-state index in [1.807, 2.05) is 18.2 Å². The van der Waals surface area contributed by atoms with Gasteiger partial charge in [-0.1, -0.05) is 18.9 Å². The van der Waals surface area contributed by atoms with Crippen LogP contribution in [-0.2, 0) is 12.1 Å². The lowest BCUT2D eigenvalue weighted by atomic mass is 9.97. The first-order chi connectivity index (χ1) is 6.74. The minimum atomic E-state index is -0.689. The number of rotatable bonds is 2. The van der Waals surface area contributed by atoms with Gasteiger partial charge in [0.25, 0.3) is 0 Å². The summed E-state index contributed by atoms with van der Waals surface area (Å²) in [4.78, 5) is 4.37. The molecule has 1 aliphatic rings. The molecule has 1 fully saturated rings. The quantitative estimate of drug-likeness (QED) is 0.742. The van der Waals surface area contributed by atoms with E-state index >= 15 is 0 Å². The van der Waals surface area contributed by atoms with Crippen molar-refractivity contribution in [2.45, 2.75) is 37.8 Å². The zero-order valence-corrected chi connectivity index (χ0v) is 8.24. The number of hydrogen-bond donors (Lipinski definition) is 2. The highest BCUT2D eigenvalue weighted by Crippen LogP contribution is 2.37. The van der Waals surface area contributed by atoms with Crippen molar-refractivity contribution in [2.24, 2.45) is 5.73 Å². The van der Waals surface area contributed by atoms with Gasteiger partial charge in [-0.2, -0.15) is 0 Å². The number of aromatic nitrogens is 1. The molecule has 0 radical (unpaired) electrons. The van der Waals surface area contributed by atoms with Gasteiger partial charge in [0.2, 0.25) is 0 Å². The maximum atomic E-state index is 10.3. The maximum absolute atomic E-state index is 10.3. The summed E-state index contributed by atoms with van der Waals surface area (Å²) >= 11 is 0. The van der Waals surface area contributed by atoms with Gasteiger partial charge in [-0.3, -0.25) is 4.98 Å². The smallest absolute Gasteiger partial charge is 0.106 e. The van der Waals surface area contributed by atoms with Crippen molar-refractivity contribution in [3.8, 4) is 0 Å². The number of hydrogen-bond acceptors (Lipinski definition) is 3. The van der Waals surface area contributed by atoms with Crippen LogP contribution < -0.4 is 5.73 Å². The van der Waals surface area contributed by atoms with Crippen LogP contribution in [0.5, 0.6) is 0 Å². The van der Waals surface area contributed by atoms with Gasteiger partial charge in [0, 0.05) is 6.54 Å². The molecule has 0 bridgehead atoms. The third kappa shape index (κ3) is 1.65. The van der Waals surface area contributed by atoms with Gasteiger partial charge in [-0.15, -0.1) is 0 Å². The lowest BCUT2D eigenvalue weighted by molar-refractivity contribution is 0.0398. The van der Waals surface area contributed by atoms with Crippen LogP contribution >= 0.6 is 0 Å². The molecule has 0 aliphatic heterocycles. The Labute approximate surface area is 84.0 Å². The first kappa shape index (κ1) is 9.62. The predicted octanol–water partition coefficient (Wildman–Crippen LogP) is 1.30. The third-order valence-electron chi connectivity index (χ3n) is 2.92. The molecule has 1 aromatic heterocycles. The Morgan fingerprint density at radius 1 is 1.36 bits per heavy atom.